The lowest BCUT2D eigenvalue weighted by atomic mass is 10.0. The van der Waals surface area contributed by atoms with Gasteiger partial charge in [-0.1, -0.05) is 28.1 Å². The molecular weight excluding hydrogens is 273 g/mol. The molecule has 1 aromatic rings. The maximum absolute atomic E-state index is 3.53. The summed E-state index contributed by atoms with van der Waals surface area (Å²) in [6.07, 6.45) is 5.17. The lowest BCUT2D eigenvalue weighted by Gasteiger charge is -2.09. The van der Waals surface area contributed by atoms with Gasteiger partial charge in [-0.05, 0) is 49.9 Å². The number of halogens is 2. The highest BCUT2D eigenvalue weighted by atomic mass is 79.9. The highest BCUT2D eigenvalue weighted by Crippen LogP contribution is 2.16. The van der Waals surface area contributed by atoms with Crippen LogP contribution in [0.15, 0.2) is 28.7 Å². The van der Waals surface area contributed by atoms with Gasteiger partial charge in [-0.3, -0.25) is 0 Å². The largest absolute Gasteiger partial charge is 0.314 e. The average Bonchev–Trinajstić information content (AvgIpc) is 2.67. The SMILES string of the molecule is Brc1cccc(CCC2CCCN2)c1.Cl. The molecule has 2 rings (SSSR count). The Morgan fingerprint density at radius 2 is 2.27 bits per heavy atom. The van der Waals surface area contributed by atoms with Gasteiger partial charge in [0.2, 0.25) is 0 Å². The van der Waals surface area contributed by atoms with Crippen LogP contribution < -0.4 is 5.32 Å². The van der Waals surface area contributed by atoms with Gasteiger partial charge in [-0.25, -0.2) is 0 Å². The fraction of sp³-hybridized carbons (Fsp3) is 0.500. The fourth-order valence-electron chi connectivity index (χ4n) is 2.04. The predicted molar refractivity (Wildman–Crippen MR) is 70.7 cm³/mol. The van der Waals surface area contributed by atoms with E-state index < -0.39 is 0 Å². The van der Waals surface area contributed by atoms with E-state index in [0.29, 0.717) is 0 Å². The zero-order valence-corrected chi connectivity index (χ0v) is 11.1. The van der Waals surface area contributed by atoms with Crippen molar-refractivity contribution in [2.45, 2.75) is 31.7 Å². The summed E-state index contributed by atoms with van der Waals surface area (Å²) in [6.45, 7) is 1.21. The molecule has 3 heteroatoms. The van der Waals surface area contributed by atoms with E-state index in [1.54, 1.807) is 0 Å². The zero-order chi connectivity index (χ0) is 9.80. The van der Waals surface area contributed by atoms with Crippen LogP contribution >= 0.6 is 28.3 Å². The molecule has 0 aliphatic carbocycles. The monoisotopic (exact) mass is 289 g/mol. The molecule has 1 aliphatic heterocycles. The maximum atomic E-state index is 3.53. The molecule has 84 valence electrons. The molecule has 1 fully saturated rings. The summed E-state index contributed by atoms with van der Waals surface area (Å²) in [7, 11) is 0. The summed E-state index contributed by atoms with van der Waals surface area (Å²) in [5.41, 5.74) is 1.44. The molecule has 0 bridgehead atoms. The van der Waals surface area contributed by atoms with Crippen LogP contribution in [0.2, 0.25) is 0 Å². The van der Waals surface area contributed by atoms with Crippen molar-refractivity contribution in [2.75, 3.05) is 6.54 Å². The van der Waals surface area contributed by atoms with Gasteiger partial charge in [0, 0.05) is 10.5 Å². The molecule has 1 unspecified atom stereocenters. The Bertz CT molecular complexity index is 297. The van der Waals surface area contributed by atoms with Gasteiger partial charge < -0.3 is 5.32 Å². The van der Waals surface area contributed by atoms with Crippen LogP contribution in [0, 0.1) is 0 Å². The summed E-state index contributed by atoms with van der Waals surface area (Å²) in [5.74, 6) is 0. The minimum Gasteiger partial charge on any atom is -0.314 e. The zero-order valence-electron chi connectivity index (χ0n) is 8.71. The first kappa shape index (κ1) is 13.0. The van der Waals surface area contributed by atoms with E-state index in [9.17, 15) is 0 Å². The number of hydrogen-bond donors (Lipinski definition) is 1. The average molecular weight is 291 g/mol. The van der Waals surface area contributed by atoms with Gasteiger partial charge in [0.25, 0.3) is 0 Å². The Morgan fingerprint density at radius 1 is 1.40 bits per heavy atom. The highest BCUT2D eigenvalue weighted by molar-refractivity contribution is 9.10. The number of hydrogen-bond acceptors (Lipinski definition) is 1. The van der Waals surface area contributed by atoms with Crippen LogP contribution in [-0.4, -0.2) is 12.6 Å². The Morgan fingerprint density at radius 3 is 2.93 bits per heavy atom. The number of nitrogens with one attached hydrogen (secondary N) is 1. The Kier molecular flexibility index (Phi) is 5.65. The molecule has 1 aliphatic rings. The third kappa shape index (κ3) is 4.13. The summed E-state index contributed by atoms with van der Waals surface area (Å²) >= 11 is 3.50. The summed E-state index contributed by atoms with van der Waals surface area (Å²) in [5, 5.41) is 3.53. The molecule has 0 saturated carbocycles. The second-order valence-electron chi connectivity index (χ2n) is 3.96. The lowest BCUT2D eigenvalue weighted by molar-refractivity contribution is 0.559. The van der Waals surface area contributed by atoms with Gasteiger partial charge in [0.1, 0.15) is 0 Å². The van der Waals surface area contributed by atoms with E-state index in [1.165, 1.54) is 42.3 Å². The number of aryl methyl sites for hydroxylation is 1. The molecule has 0 spiro atoms. The molecule has 0 aromatic heterocycles. The molecular formula is C12H17BrClN. The quantitative estimate of drug-likeness (QED) is 0.897. The van der Waals surface area contributed by atoms with Crippen molar-refractivity contribution in [3.05, 3.63) is 34.3 Å². The highest BCUT2D eigenvalue weighted by Gasteiger charge is 2.13. The summed E-state index contributed by atoms with van der Waals surface area (Å²) in [6, 6.07) is 9.38. The van der Waals surface area contributed by atoms with Crippen LogP contribution in [0.4, 0.5) is 0 Å². The maximum Gasteiger partial charge on any atom is 0.0177 e. The van der Waals surface area contributed by atoms with Gasteiger partial charge in [0.15, 0.2) is 0 Å². The molecule has 1 saturated heterocycles. The molecule has 0 radical (unpaired) electrons. The van der Waals surface area contributed by atoms with E-state index in [2.05, 4.69) is 45.5 Å². The molecule has 15 heavy (non-hydrogen) atoms. The van der Waals surface area contributed by atoms with E-state index >= 15 is 0 Å². The molecule has 1 heterocycles. The molecule has 1 nitrogen and oxygen atoms in total. The Hall–Kier alpha value is -0.0500. The van der Waals surface area contributed by atoms with Crippen molar-refractivity contribution in [1.29, 1.82) is 0 Å². The third-order valence-corrected chi connectivity index (χ3v) is 3.33. The molecule has 0 amide bonds. The first-order chi connectivity index (χ1) is 6.84. The second-order valence-corrected chi connectivity index (χ2v) is 4.88. The van der Waals surface area contributed by atoms with E-state index in [1.807, 2.05) is 0 Å². The fourth-order valence-corrected chi connectivity index (χ4v) is 2.48. The van der Waals surface area contributed by atoms with Crippen molar-refractivity contribution in [2.24, 2.45) is 0 Å². The summed E-state index contributed by atoms with van der Waals surface area (Å²) in [4.78, 5) is 0. The van der Waals surface area contributed by atoms with E-state index in [-0.39, 0.29) is 12.4 Å². The minimum absolute atomic E-state index is 0. The number of rotatable bonds is 3. The van der Waals surface area contributed by atoms with Crippen LogP contribution in [0.5, 0.6) is 0 Å². The van der Waals surface area contributed by atoms with E-state index in [0.717, 1.165) is 6.04 Å². The van der Waals surface area contributed by atoms with Crippen LogP contribution in [0.25, 0.3) is 0 Å². The van der Waals surface area contributed by atoms with Gasteiger partial charge >= 0.3 is 0 Å². The smallest absolute Gasteiger partial charge is 0.0177 e. The molecule has 1 N–H and O–H groups in total. The van der Waals surface area contributed by atoms with Crippen molar-refractivity contribution in [3.8, 4) is 0 Å². The third-order valence-electron chi connectivity index (χ3n) is 2.83. The van der Waals surface area contributed by atoms with Crippen molar-refractivity contribution < 1.29 is 0 Å². The Balaban J connectivity index is 0.00000112. The van der Waals surface area contributed by atoms with Crippen molar-refractivity contribution >= 4 is 28.3 Å². The molecule has 1 atom stereocenters. The first-order valence-corrected chi connectivity index (χ1v) is 6.12. The van der Waals surface area contributed by atoms with E-state index in [4.69, 9.17) is 0 Å². The lowest BCUT2D eigenvalue weighted by Crippen LogP contribution is -2.21. The second kappa shape index (κ2) is 6.51. The van der Waals surface area contributed by atoms with Gasteiger partial charge in [0.05, 0.1) is 0 Å². The van der Waals surface area contributed by atoms with Crippen LogP contribution in [0.3, 0.4) is 0 Å². The first-order valence-electron chi connectivity index (χ1n) is 5.32. The van der Waals surface area contributed by atoms with Crippen LogP contribution in [0.1, 0.15) is 24.8 Å². The topological polar surface area (TPSA) is 12.0 Å². The summed E-state index contributed by atoms with van der Waals surface area (Å²) < 4.78 is 1.19. The van der Waals surface area contributed by atoms with Gasteiger partial charge in [-0.2, -0.15) is 0 Å². The minimum atomic E-state index is 0. The Labute approximate surface area is 106 Å². The van der Waals surface area contributed by atoms with Crippen molar-refractivity contribution in [1.82, 2.24) is 5.32 Å². The van der Waals surface area contributed by atoms with Crippen LogP contribution in [-0.2, 0) is 6.42 Å². The van der Waals surface area contributed by atoms with Gasteiger partial charge in [-0.15, -0.1) is 12.4 Å². The number of benzene rings is 1. The predicted octanol–water partition coefficient (Wildman–Crippen LogP) is 3.56. The van der Waals surface area contributed by atoms with Crippen molar-refractivity contribution in [3.63, 3.8) is 0 Å². The normalized spacial score (nSPS) is 19.9. The standard InChI is InChI=1S/C12H16BrN.ClH/c13-11-4-1-3-10(9-11)6-7-12-5-2-8-14-12;/h1,3-4,9,12,14H,2,5-8H2;1H. The molecule has 1 aromatic carbocycles.